The summed E-state index contributed by atoms with van der Waals surface area (Å²) >= 11 is 0. The van der Waals surface area contributed by atoms with Crippen LogP contribution < -0.4 is 31.9 Å². The van der Waals surface area contributed by atoms with E-state index in [2.05, 4.69) is 10.6 Å². The molecular formula is C41H32N6Na8O29S8. The van der Waals surface area contributed by atoms with Gasteiger partial charge in [0.05, 0.1) is 42.3 Å². The fourth-order valence-electron chi connectivity index (χ4n) is 6.91. The first-order valence-electron chi connectivity index (χ1n) is 21.2. The maximum absolute atomic E-state index is 13.9. The van der Waals surface area contributed by atoms with Crippen molar-refractivity contribution in [2.45, 2.75) is 39.2 Å². The number of hydrogen-bond acceptors (Lipinski definition) is 21. The molecule has 0 aromatic heterocycles. The molecule has 0 aliphatic rings. The van der Waals surface area contributed by atoms with E-state index in [1.165, 1.54) is 0 Å². The van der Waals surface area contributed by atoms with E-state index < -0.39 is 206 Å². The van der Waals surface area contributed by atoms with Crippen LogP contribution >= 0.6 is 0 Å². The maximum Gasteiger partial charge on any atom is 0.323 e. The molecule has 0 fully saturated rings. The van der Waals surface area contributed by atoms with Crippen LogP contribution in [0.4, 0.5) is 38.9 Å². The van der Waals surface area contributed by atoms with Gasteiger partial charge < -0.3 is 31.9 Å². The molecule has 0 unspecified atom stereocenters. The summed E-state index contributed by atoms with van der Waals surface area (Å²) < 4.78 is 270. The number of carbonyl (C=O) groups is 5. The minimum Gasteiger partial charge on any atom is -0.321 e. The van der Waals surface area contributed by atoms with E-state index in [0.717, 1.165) is 0 Å². The van der Waals surface area contributed by atoms with Gasteiger partial charge in [-0.05, 0) is 109 Å². The molecule has 92 heavy (non-hydrogen) atoms. The zero-order valence-electron chi connectivity index (χ0n) is 48.3. The quantitative estimate of drug-likeness (QED) is 0.0372. The normalized spacial score (nSPS) is 11.5. The zero-order chi connectivity index (χ0) is 63.2. The van der Waals surface area contributed by atoms with Gasteiger partial charge in [-0.2, -0.15) is 67.3 Å². The van der Waals surface area contributed by atoms with E-state index in [9.17, 15) is 128 Å². The summed E-state index contributed by atoms with van der Waals surface area (Å²) in [4.78, 5) is 59.3. The molecule has 35 nitrogen and oxygen atoms in total. The van der Waals surface area contributed by atoms with E-state index >= 15 is 0 Å². The molecule has 0 heterocycles. The van der Waals surface area contributed by atoms with E-state index in [1.54, 1.807) is 0 Å². The fourth-order valence-corrected chi connectivity index (χ4v) is 11.9. The molecule has 6 aromatic carbocycles. The van der Waals surface area contributed by atoms with Gasteiger partial charge in [-0.1, -0.05) is 0 Å². The molecule has 51 heteroatoms. The number of benzene rings is 6. The van der Waals surface area contributed by atoms with Crippen LogP contribution in [-0.4, -0.2) is 370 Å². The van der Waals surface area contributed by atoms with E-state index in [-0.39, 0.29) is 261 Å². The van der Waals surface area contributed by atoms with E-state index in [0.29, 0.717) is 84.9 Å². The fraction of sp³-hybridized carbons (Fsp3) is 0. The van der Waals surface area contributed by atoms with Crippen LogP contribution in [-0.2, 0) is 80.9 Å². The second kappa shape index (κ2) is 36.9. The third-order valence-corrected chi connectivity index (χ3v) is 17.5. The van der Waals surface area contributed by atoms with Gasteiger partial charge in [-0.15, -0.1) is 0 Å². The Morgan fingerprint density at radius 2 is 0.413 bits per heavy atom. The molecular weight excluding hydrogens is 1480 g/mol. The Kier molecular flexibility index (Phi) is 38.5. The Hall–Kier alpha value is -0.250. The van der Waals surface area contributed by atoms with Crippen LogP contribution in [0.1, 0.15) is 41.4 Å². The van der Waals surface area contributed by atoms with Crippen molar-refractivity contribution >= 4 is 381 Å². The van der Waals surface area contributed by atoms with Gasteiger partial charge >= 0.3 is 6.03 Å². The minimum atomic E-state index is -5.48. The summed E-state index contributed by atoms with van der Waals surface area (Å²) in [6, 6.07) is 7.77. The molecule has 8 radical (unpaired) electrons. The third kappa shape index (κ3) is 26.4. The summed E-state index contributed by atoms with van der Waals surface area (Å²) in [6.07, 6.45) is 0. The van der Waals surface area contributed by atoms with Gasteiger partial charge in [0.15, 0.2) is 0 Å². The van der Waals surface area contributed by atoms with Crippen LogP contribution in [0.15, 0.2) is 148 Å². The number of carbonyl (C=O) groups excluding carboxylic acids is 5. The topological polar surface area (TPSA) is 592 Å². The molecule has 0 saturated carbocycles. The molecule has 6 amide bonds. The molecule has 6 rings (SSSR count). The second-order valence-electron chi connectivity index (χ2n) is 16.4. The van der Waals surface area contributed by atoms with Crippen molar-refractivity contribution in [3.63, 3.8) is 0 Å². The standard InChI is InChI=1S/C41H32N6O29S8.8Na/c48-37(44-29-5-1-25(77(53,54)55)15-33(29)81(65,66)67)19-9-20(38(49)45-30-6-2-26(78(56,57)58)16-34(30)82(68,69)70)12-23(11-19)42-41(52)43-24-13-21(39(50)46-31-7-3-27(79(59,60)61)17-35(31)83(71,72)73)10-22(14-24)40(51)47-32-8-4-28(80(62,63)64)18-36(32)84(74,75)76;;;;;;;;/h1-18H,(H,44,48)(H,45,49)(H,46,50)(H,47,51)(H2,42,43,52)(H,53,54,55)(H,56,57,58)(H,59,60,61)(H,62,63,64)(H,65,66,67)(H,68,69,70)(H,71,72,73)(H,74,75,76);;;;;;;;. The summed E-state index contributed by atoms with van der Waals surface area (Å²) in [7, 11) is -42.6. The van der Waals surface area contributed by atoms with Gasteiger partial charge in [0, 0.05) is 270 Å². The van der Waals surface area contributed by atoms with Crippen LogP contribution in [0.25, 0.3) is 0 Å². The Labute approximate surface area is 699 Å². The van der Waals surface area contributed by atoms with Crippen molar-refractivity contribution in [1.29, 1.82) is 0 Å². The Balaban J connectivity index is -0.00000990. The van der Waals surface area contributed by atoms with Gasteiger partial charge in [-0.25, -0.2) is 4.79 Å². The molecule has 0 bridgehead atoms. The molecule has 0 atom stereocenters. The average molecular weight is 1510 g/mol. The minimum absolute atomic E-state index is 0. The van der Waals surface area contributed by atoms with Crippen LogP contribution in [0.2, 0.25) is 0 Å². The summed E-state index contributed by atoms with van der Waals surface area (Å²) in [5.74, 6) is -6.01. The maximum atomic E-state index is 13.9. The number of nitrogens with one attached hydrogen (secondary N) is 6. The van der Waals surface area contributed by atoms with Crippen molar-refractivity contribution in [1.82, 2.24) is 0 Å². The van der Waals surface area contributed by atoms with Gasteiger partial charge in [0.2, 0.25) is 0 Å². The first-order valence-corrected chi connectivity index (χ1v) is 32.7. The summed E-state index contributed by atoms with van der Waals surface area (Å²) in [5, 5.41) is 12.0. The van der Waals surface area contributed by atoms with Gasteiger partial charge in [0.1, 0.15) is 19.6 Å². The molecule has 0 aliphatic heterocycles. The van der Waals surface area contributed by atoms with Gasteiger partial charge in [-0.3, -0.25) is 55.6 Å². The summed E-state index contributed by atoms with van der Waals surface area (Å²) in [5.41, 5.74) is -8.35. The Morgan fingerprint density at radius 1 is 0.239 bits per heavy atom. The van der Waals surface area contributed by atoms with Gasteiger partial charge in [0.25, 0.3) is 105 Å². The number of amides is 6. The number of anilines is 6. The van der Waals surface area contributed by atoms with E-state index in [4.69, 9.17) is 0 Å². The van der Waals surface area contributed by atoms with Crippen molar-refractivity contribution in [3.8, 4) is 0 Å². The second-order valence-corrected chi connectivity index (χ2v) is 27.7. The summed E-state index contributed by atoms with van der Waals surface area (Å²) in [6.45, 7) is 0. The number of rotatable bonds is 18. The van der Waals surface area contributed by atoms with Crippen LogP contribution in [0.5, 0.6) is 0 Å². The predicted molar refractivity (Wildman–Crippen MR) is 328 cm³/mol. The molecule has 0 spiro atoms. The predicted octanol–water partition coefficient (Wildman–Crippen LogP) is -0.733. The smallest absolute Gasteiger partial charge is 0.321 e. The van der Waals surface area contributed by atoms with E-state index in [1.807, 2.05) is 21.3 Å². The first kappa shape index (κ1) is 95.9. The molecule has 0 aliphatic carbocycles. The van der Waals surface area contributed by atoms with Crippen LogP contribution in [0, 0.1) is 0 Å². The third-order valence-electron chi connectivity index (χ3n) is 10.5. The van der Waals surface area contributed by atoms with Crippen molar-refractivity contribution in [2.75, 3.05) is 31.9 Å². The first-order chi connectivity index (χ1) is 38.2. The largest absolute Gasteiger partial charge is 0.323 e. The number of urea groups is 1. The number of hydrogen-bond donors (Lipinski definition) is 14. The van der Waals surface area contributed by atoms with Crippen molar-refractivity contribution in [2.24, 2.45) is 0 Å². The Morgan fingerprint density at radius 3 is 0.565 bits per heavy atom. The van der Waals surface area contributed by atoms with Crippen LogP contribution in [0.3, 0.4) is 0 Å². The average Bonchev–Trinajstić information content (AvgIpc) is 3.33. The SMILES string of the molecule is O=C(Nc1cc(C(=O)Nc2ccc(S(=O)(=O)O)cc2S(=O)(=O)O)cc(C(=O)Nc2ccc(S(=O)(=O)O)cc2S(=O)(=O)O)c1)Nc1cc(C(=O)Nc2ccc(S(=O)(=O)O)cc2S(=O)(=O)O)cc(C(=O)Nc2ccc(S(=O)(=O)O)cc2S(=O)(=O)O)c1.[Na].[Na].[Na].[Na].[Na].[Na].[Na].[Na]. The van der Waals surface area contributed by atoms with Crippen molar-refractivity contribution in [3.05, 3.63) is 131 Å². The monoisotopic (exact) mass is 1510 g/mol. The molecule has 6 aromatic rings. The van der Waals surface area contributed by atoms with Crippen molar-refractivity contribution < 1.29 is 128 Å². The Bertz CT molecular complexity index is 4280. The molecule has 14 N–H and O–H groups in total. The zero-order valence-corrected chi connectivity index (χ0v) is 70.8. The molecule has 0 saturated heterocycles. The molecule has 456 valence electrons.